The molecule has 2 saturated heterocycles. The normalized spacial score (nSPS) is 57.3. The molecule has 6 aliphatic rings. The maximum atomic E-state index is 4.45. The molecule has 6 rings (SSSR count). The third-order valence-electron chi connectivity index (χ3n) is 11.3. The van der Waals surface area contributed by atoms with E-state index in [1.54, 1.807) is 32.1 Å². The predicted molar refractivity (Wildman–Crippen MR) is 113 cm³/mol. The summed E-state index contributed by atoms with van der Waals surface area (Å²) in [5.41, 5.74) is 1.67. The van der Waals surface area contributed by atoms with Crippen molar-refractivity contribution in [1.82, 2.24) is 5.32 Å². The van der Waals surface area contributed by atoms with Gasteiger partial charge in [0.25, 0.3) is 0 Å². The van der Waals surface area contributed by atoms with Crippen LogP contribution in [-0.2, 0) is 0 Å². The van der Waals surface area contributed by atoms with Gasteiger partial charge in [0.2, 0.25) is 0 Å². The first-order valence-corrected chi connectivity index (χ1v) is 12.8. The molecule has 2 heterocycles. The van der Waals surface area contributed by atoms with Crippen LogP contribution in [0.15, 0.2) is 0 Å². The van der Waals surface area contributed by atoms with Crippen LogP contribution in [0.1, 0.15) is 110 Å². The molecule has 0 aromatic heterocycles. The minimum absolute atomic E-state index is 0.446. The second-order valence-electron chi connectivity index (χ2n) is 12.5. The number of rotatable bonds is 2. The minimum Gasteiger partial charge on any atom is -0.305 e. The Labute approximate surface area is 167 Å². The third-order valence-corrected chi connectivity index (χ3v) is 11.3. The van der Waals surface area contributed by atoms with Gasteiger partial charge in [-0.05, 0) is 99.7 Å². The van der Waals surface area contributed by atoms with Crippen molar-refractivity contribution in [3.8, 4) is 0 Å². The topological polar surface area (TPSA) is 12.0 Å². The maximum absolute atomic E-state index is 4.45. The van der Waals surface area contributed by atoms with Crippen molar-refractivity contribution in [2.45, 2.75) is 121 Å². The van der Waals surface area contributed by atoms with Gasteiger partial charge in [0, 0.05) is 11.1 Å². The first kappa shape index (κ1) is 17.8. The monoisotopic (exact) mass is 369 g/mol. The average Bonchev–Trinajstić information content (AvgIpc) is 3.01. The Balaban J connectivity index is 1.40. The zero-order valence-corrected chi connectivity index (χ0v) is 18.1. The Kier molecular flexibility index (Phi) is 3.95. The molecule has 1 nitrogen and oxygen atoms in total. The van der Waals surface area contributed by atoms with E-state index in [1.807, 2.05) is 0 Å². The molecule has 2 aliphatic heterocycles. The van der Waals surface area contributed by atoms with Gasteiger partial charge in [-0.25, -0.2) is 0 Å². The molecule has 0 radical (unpaired) electrons. The molecule has 0 spiro atoms. The fraction of sp³-hybridized carbons (Fsp3) is 1.00. The highest BCUT2D eigenvalue weighted by molar-refractivity contribution is 5.23. The lowest BCUT2D eigenvalue weighted by molar-refractivity contribution is 0.0127. The van der Waals surface area contributed by atoms with Gasteiger partial charge in [-0.3, -0.25) is 0 Å². The van der Waals surface area contributed by atoms with Gasteiger partial charge in [-0.1, -0.05) is 51.4 Å². The summed E-state index contributed by atoms with van der Waals surface area (Å²) in [6, 6.07) is 0. The summed E-state index contributed by atoms with van der Waals surface area (Å²) in [4.78, 5) is 0. The number of fused-ring (bicyclic) bond motifs is 9. The van der Waals surface area contributed by atoms with E-state index in [-0.39, 0.29) is 0 Å². The van der Waals surface area contributed by atoms with E-state index in [0.29, 0.717) is 11.1 Å². The smallest absolute Gasteiger partial charge is 0.0221 e. The summed E-state index contributed by atoms with van der Waals surface area (Å²) < 4.78 is 0. The van der Waals surface area contributed by atoms with Crippen molar-refractivity contribution in [2.75, 3.05) is 0 Å². The van der Waals surface area contributed by atoms with E-state index in [4.69, 9.17) is 0 Å². The van der Waals surface area contributed by atoms with Crippen molar-refractivity contribution < 1.29 is 0 Å². The fourth-order valence-corrected chi connectivity index (χ4v) is 10.3. The molecule has 6 fully saturated rings. The molecule has 1 N–H and O–H groups in total. The highest BCUT2D eigenvalue weighted by Crippen LogP contribution is 2.73. The molecular weight excluding hydrogens is 326 g/mol. The molecule has 2 bridgehead atoms. The van der Waals surface area contributed by atoms with E-state index >= 15 is 0 Å². The van der Waals surface area contributed by atoms with Gasteiger partial charge >= 0.3 is 0 Å². The average molecular weight is 370 g/mol. The summed E-state index contributed by atoms with van der Waals surface area (Å²) in [5.74, 6) is 6.13. The highest BCUT2D eigenvalue weighted by atomic mass is 15.1. The summed E-state index contributed by atoms with van der Waals surface area (Å²) in [6.45, 7) is 5.39. The molecule has 0 amide bonds. The van der Waals surface area contributed by atoms with Crippen LogP contribution in [0.4, 0.5) is 0 Å². The molecule has 5 unspecified atom stereocenters. The van der Waals surface area contributed by atoms with Gasteiger partial charge in [0.15, 0.2) is 0 Å². The van der Waals surface area contributed by atoms with E-state index in [9.17, 15) is 0 Å². The van der Waals surface area contributed by atoms with Crippen LogP contribution in [0.2, 0.25) is 0 Å². The van der Waals surface area contributed by atoms with E-state index in [0.717, 1.165) is 40.9 Å². The first-order chi connectivity index (χ1) is 13.1. The lowest BCUT2D eigenvalue weighted by atomic mass is 9.57. The van der Waals surface area contributed by atoms with Crippen LogP contribution >= 0.6 is 0 Å². The lowest BCUT2D eigenvalue weighted by Crippen LogP contribution is -2.59. The largest absolute Gasteiger partial charge is 0.305 e. The maximum Gasteiger partial charge on any atom is 0.0221 e. The van der Waals surface area contributed by atoms with Crippen molar-refractivity contribution in [2.24, 2.45) is 40.9 Å². The molecule has 8 atom stereocenters. The fourth-order valence-electron chi connectivity index (χ4n) is 10.3. The molecular formula is C26H43N. The first-order valence-electron chi connectivity index (χ1n) is 12.8. The van der Waals surface area contributed by atoms with Gasteiger partial charge in [-0.15, -0.1) is 0 Å². The molecule has 4 saturated carbocycles. The van der Waals surface area contributed by atoms with E-state index in [1.165, 1.54) is 64.2 Å². The van der Waals surface area contributed by atoms with Crippen LogP contribution in [0.5, 0.6) is 0 Å². The quantitative estimate of drug-likeness (QED) is 0.570. The Morgan fingerprint density at radius 1 is 0.667 bits per heavy atom. The van der Waals surface area contributed by atoms with Gasteiger partial charge in [0.1, 0.15) is 0 Å². The van der Waals surface area contributed by atoms with Crippen LogP contribution < -0.4 is 5.32 Å². The van der Waals surface area contributed by atoms with E-state index in [2.05, 4.69) is 19.2 Å². The predicted octanol–water partition coefficient (Wildman–Crippen LogP) is 6.71. The van der Waals surface area contributed by atoms with Gasteiger partial charge in [0.05, 0.1) is 0 Å². The zero-order valence-electron chi connectivity index (χ0n) is 18.1. The summed E-state index contributed by atoms with van der Waals surface area (Å²) in [7, 11) is 0. The molecule has 0 aromatic rings. The van der Waals surface area contributed by atoms with Crippen molar-refractivity contribution >= 4 is 0 Å². The highest BCUT2D eigenvalue weighted by Gasteiger charge is 2.70. The molecule has 0 aromatic carbocycles. The number of nitrogens with one attached hydrogen (secondary N) is 1. The van der Waals surface area contributed by atoms with E-state index < -0.39 is 0 Å². The van der Waals surface area contributed by atoms with Crippen LogP contribution in [0, 0.1) is 40.9 Å². The summed E-state index contributed by atoms with van der Waals surface area (Å²) in [5, 5.41) is 4.45. The third kappa shape index (κ3) is 2.45. The second kappa shape index (κ2) is 5.99. The van der Waals surface area contributed by atoms with Gasteiger partial charge < -0.3 is 5.32 Å². The number of hydrogen-bond donors (Lipinski definition) is 1. The summed E-state index contributed by atoms with van der Waals surface area (Å²) in [6.07, 6.45) is 23.1. The minimum atomic E-state index is 0.446. The van der Waals surface area contributed by atoms with Crippen LogP contribution in [0.25, 0.3) is 0 Å². The van der Waals surface area contributed by atoms with Crippen LogP contribution in [-0.4, -0.2) is 11.1 Å². The summed E-state index contributed by atoms with van der Waals surface area (Å²) >= 11 is 0. The zero-order chi connectivity index (χ0) is 18.3. The second-order valence-corrected chi connectivity index (χ2v) is 12.5. The van der Waals surface area contributed by atoms with Crippen molar-refractivity contribution in [1.29, 1.82) is 0 Å². The molecule has 27 heavy (non-hydrogen) atoms. The Hall–Kier alpha value is -0.0400. The standard InChI is InChI=1S/C26H43N/c1-24-16-19-17-26(19,15-18-9-3-4-10-18)23-14-8-7-13-22(23)25(2,27-24)21-12-6-5-11-20(21)24/h18-23,27H,3-17H2,1-2H3/t19?,20?,21?,22?,23?,24-,25-,26+/m1/s1. The van der Waals surface area contributed by atoms with Gasteiger partial charge in [-0.2, -0.15) is 0 Å². The molecule has 152 valence electrons. The SMILES string of the molecule is C[C@]12N[C@](C)(CC3C[C@]3(CC3CCCC3)C3CCCCC31)C1CCCCC12. The molecule has 1 heteroatoms. The Bertz CT molecular complexity index is 593. The Morgan fingerprint density at radius 2 is 1.22 bits per heavy atom. The van der Waals surface area contributed by atoms with Crippen molar-refractivity contribution in [3.05, 3.63) is 0 Å². The van der Waals surface area contributed by atoms with Crippen molar-refractivity contribution in [3.63, 3.8) is 0 Å². The lowest BCUT2D eigenvalue weighted by Gasteiger charge is -2.52. The number of hydrogen-bond acceptors (Lipinski definition) is 1. The molecule has 4 aliphatic carbocycles. The Morgan fingerprint density at radius 3 is 1.93 bits per heavy atom. The van der Waals surface area contributed by atoms with Crippen LogP contribution in [0.3, 0.4) is 0 Å².